The van der Waals surface area contributed by atoms with Gasteiger partial charge in [-0.2, -0.15) is 5.26 Å². The Labute approximate surface area is 119 Å². The molecule has 0 aromatic heterocycles. The lowest BCUT2D eigenvalue weighted by molar-refractivity contribution is -0.117. The number of carbonyl (C=O) groups excluding carboxylic acids is 1. The smallest absolute Gasteiger partial charge is 0.284 e. The van der Waals surface area contributed by atoms with Crippen LogP contribution >= 0.6 is 0 Å². The molecular weight excluding hydrogens is 254 g/mol. The van der Waals surface area contributed by atoms with E-state index in [0.29, 0.717) is 5.92 Å². The Morgan fingerprint density at radius 3 is 2.25 bits per heavy atom. The van der Waals surface area contributed by atoms with Gasteiger partial charge in [-0.05, 0) is 68.6 Å². The van der Waals surface area contributed by atoms with E-state index in [0.717, 1.165) is 23.7 Å². The Kier molecular flexibility index (Phi) is 3.41. The van der Waals surface area contributed by atoms with Gasteiger partial charge in [-0.1, -0.05) is 5.16 Å². The summed E-state index contributed by atoms with van der Waals surface area (Å²) < 4.78 is 0. The minimum absolute atomic E-state index is 0.0441. The number of rotatable bonds is 3. The molecule has 1 atom stereocenters. The molecule has 2 N–H and O–H groups in total. The molecule has 5 nitrogen and oxygen atoms in total. The van der Waals surface area contributed by atoms with Crippen LogP contribution in [-0.2, 0) is 4.79 Å². The van der Waals surface area contributed by atoms with Gasteiger partial charge >= 0.3 is 0 Å². The molecule has 4 fully saturated rings. The summed E-state index contributed by atoms with van der Waals surface area (Å²) in [5, 5.41) is 22.9. The van der Waals surface area contributed by atoms with E-state index >= 15 is 0 Å². The number of hydrogen-bond acceptors (Lipinski definition) is 4. The fraction of sp³-hybridized carbons (Fsp3) is 0.800. The molecule has 4 saturated carbocycles. The number of carbonyl (C=O) groups is 1. The largest absolute Gasteiger partial charge is 0.410 e. The zero-order valence-corrected chi connectivity index (χ0v) is 11.7. The number of amides is 1. The van der Waals surface area contributed by atoms with E-state index < -0.39 is 11.6 Å². The molecule has 4 rings (SSSR count). The predicted molar refractivity (Wildman–Crippen MR) is 73.0 cm³/mol. The summed E-state index contributed by atoms with van der Waals surface area (Å²) in [5.74, 6) is 3.22. The van der Waals surface area contributed by atoms with E-state index in [1.165, 1.54) is 32.1 Å². The van der Waals surface area contributed by atoms with E-state index in [2.05, 4.69) is 10.5 Å². The van der Waals surface area contributed by atoms with Crippen LogP contribution in [0.3, 0.4) is 0 Å². The van der Waals surface area contributed by atoms with Crippen LogP contribution in [0.2, 0.25) is 0 Å². The van der Waals surface area contributed by atoms with Crippen molar-refractivity contribution in [3.8, 4) is 6.07 Å². The molecule has 0 radical (unpaired) electrons. The molecule has 1 unspecified atom stereocenters. The highest BCUT2D eigenvalue weighted by Gasteiger charge is 2.49. The quantitative estimate of drug-likeness (QED) is 0.469. The molecule has 0 heterocycles. The third-order valence-electron chi connectivity index (χ3n) is 5.66. The molecule has 1 amide bonds. The Morgan fingerprint density at radius 2 is 1.80 bits per heavy atom. The Balaban J connectivity index is 1.67. The van der Waals surface area contributed by atoms with Crippen molar-refractivity contribution in [3.63, 3.8) is 0 Å². The van der Waals surface area contributed by atoms with Gasteiger partial charge < -0.3 is 10.5 Å². The van der Waals surface area contributed by atoms with Crippen molar-refractivity contribution in [2.24, 2.45) is 34.7 Å². The number of oxime groups is 1. The van der Waals surface area contributed by atoms with Crippen molar-refractivity contribution < 1.29 is 10.0 Å². The summed E-state index contributed by atoms with van der Waals surface area (Å²) in [6, 6.07) is 1.66. The van der Waals surface area contributed by atoms with Crippen molar-refractivity contribution in [2.75, 3.05) is 0 Å². The van der Waals surface area contributed by atoms with Crippen molar-refractivity contribution in [3.05, 3.63) is 0 Å². The van der Waals surface area contributed by atoms with Crippen LogP contribution in [-0.4, -0.2) is 22.9 Å². The summed E-state index contributed by atoms with van der Waals surface area (Å²) in [5.41, 5.74) is -0.458. The van der Waals surface area contributed by atoms with Crippen LogP contribution < -0.4 is 5.32 Å². The van der Waals surface area contributed by atoms with E-state index in [1.807, 2.05) is 6.92 Å². The van der Waals surface area contributed by atoms with Crippen molar-refractivity contribution >= 4 is 11.6 Å². The molecular formula is C15H21N3O2. The third kappa shape index (κ3) is 2.17. The molecule has 108 valence electrons. The van der Waals surface area contributed by atoms with E-state index in [-0.39, 0.29) is 6.04 Å². The Bertz CT molecular complexity index is 452. The lowest BCUT2D eigenvalue weighted by atomic mass is 9.50. The van der Waals surface area contributed by atoms with Gasteiger partial charge in [0, 0.05) is 6.04 Å². The fourth-order valence-corrected chi connectivity index (χ4v) is 5.27. The normalized spacial score (nSPS) is 40.2. The maximum atomic E-state index is 11.8. The Hall–Kier alpha value is -1.57. The molecule has 0 aromatic carbocycles. The zero-order chi connectivity index (χ0) is 14.3. The van der Waals surface area contributed by atoms with E-state index in [1.54, 1.807) is 6.07 Å². The minimum Gasteiger partial charge on any atom is -0.410 e. The summed E-state index contributed by atoms with van der Waals surface area (Å²) in [4.78, 5) is 11.8. The zero-order valence-electron chi connectivity index (χ0n) is 11.7. The minimum atomic E-state index is -0.559. The van der Waals surface area contributed by atoms with Crippen LogP contribution in [0, 0.1) is 40.9 Å². The molecule has 0 aliphatic heterocycles. The van der Waals surface area contributed by atoms with Gasteiger partial charge in [0.25, 0.3) is 5.91 Å². The number of nitrogens with one attached hydrogen (secondary N) is 1. The highest BCUT2D eigenvalue weighted by molar-refractivity contribution is 6.45. The maximum Gasteiger partial charge on any atom is 0.284 e. The molecule has 0 aromatic rings. The fourth-order valence-electron chi connectivity index (χ4n) is 5.27. The maximum absolute atomic E-state index is 11.8. The third-order valence-corrected chi connectivity index (χ3v) is 5.66. The van der Waals surface area contributed by atoms with Gasteiger partial charge in [0.1, 0.15) is 6.07 Å². The van der Waals surface area contributed by atoms with Gasteiger partial charge in [-0.3, -0.25) is 4.79 Å². The van der Waals surface area contributed by atoms with Crippen LogP contribution in [0.25, 0.3) is 0 Å². The second-order valence-corrected chi connectivity index (χ2v) is 6.83. The second-order valence-electron chi connectivity index (χ2n) is 6.83. The highest BCUT2D eigenvalue weighted by Crippen LogP contribution is 2.57. The summed E-state index contributed by atoms with van der Waals surface area (Å²) >= 11 is 0. The number of nitriles is 1. The second kappa shape index (κ2) is 5.08. The van der Waals surface area contributed by atoms with E-state index in [9.17, 15) is 4.79 Å². The summed E-state index contributed by atoms with van der Waals surface area (Å²) in [6.07, 6.45) is 6.62. The number of nitrogens with zero attached hydrogens (tertiary/aromatic N) is 2. The molecule has 0 spiro atoms. The van der Waals surface area contributed by atoms with Crippen molar-refractivity contribution in [2.45, 2.75) is 45.1 Å². The highest BCUT2D eigenvalue weighted by atomic mass is 16.4. The first-order valence-electron chi connectivity index (χ1n) is 7.55. The molecule has 5 heteroatoms. The van der Waals surface area contributed by atoms with Crippen LogP contribution in [0.15, 0.2) is 5.16 Å². The van der Waals surface area contributed by atoms with Gasteiger partial charge in [0.15, 0.2) is 0 Å². The monoisotopic (exact) mass is 275 g/mol. The van der Waals surface area contributed by atoms with Crippen LogP contribution in [0.5, 0.6) is 0 Å². The van der Waals surface area contributed by atoms with Crippen LogP contribution in [0.4, 0.5) is 0 Å². The van der Waals surface area contributed by atoms with Crippen molar-refractivity contribution in [1.29, 1.82) is 5.26 Å². The molecule has 20 heavy (non-hydrogen) atoms. The van der Waals surface area contributed by atoms with E-state index in [4.69, 9.17) is 10.5 Å². The number of hydrogen-bond donors (Lipinski definition) is 2. The average Bonchev–Trinajstić information content (AvgIpc) is 2.38. The first kappa shape index (κ1) is 13.4. The molecule has 4 aliphatic rings. The molecule has 4 bridgehead atoms. The summed E-state index contributed by atoms with van der Waals surface area (Å²) in [6.45, 7) is 2.02. The first-order chi connectivity index (χ1) is 9.62. The topological polar surface area (TPSA) is 85.5 Å². The van der Waals surface area contributed by atoms with Crippen LogP contribution in [0.1, 0.15) is 39.0 Å². The average molecular weight is 275 g/mol. The van der Waals surface area contributed by atoms with Crippen molar-refractivity contribution in [1.82, 2.24) is 5.32 Å². The van der Waals surface area contributed by atoms with Gasteiger partial charge in [-0.15, -0.1) is 0 Å². The predicted octanol–water partition coefficient (Wildman–Crippen LogP) is 1.92. The van der Waals surface area contributed by atoms with Gasteiger partial charge in [0.05, 0.1) is 0 Å². The molecule has 0 saturated heterocycles. The molecule has 4 aliphatic carbocycles. The van der Waals surface area contributed by atoms with Gasteiger partial charge in [-0.25, -0.2) is 0 Å². The Morgan fingerprint density at radius 1 is 1.25 bits per heavy atom. The summed E-state index contributed by atoms with van der Waals surface area (Å²) in [7, 11) is 0. The SMILES string of the molecule is CC(NC(=O)/C(C#N)=N/O)C1C2CC3CC(C2)CC1C3. The first-order valence-corrected chi connectivity index (χ1v) is 7.55. The lowest BCUT2D eigenvalue weighted by Gasteiger charge is -2.56. The lowest BCUT2D eigenvalue weighted by Crippen LogP contribution is -2.53. The van der Waals surface area contributed by atoms with Gasteiger partial charge in [0.2, 0.25) is 5.71 Å². The standard InChI is InChI=1S/C15H21N3O2/c1-8(17-15(19)13(7-16)18-20)14-11-3-9-2-10(5-11)6-12(14)4-9/h8-12,14,20H,2-6H2,1H3,(H,17,19)/b18-13+.